The molecule has 0 radical (unpaired) electrons. The Balaban J connectivity index is 1.94. The van der Waals surface area contributed by atoms with Crippen molar-refractivity contribution in [3.63, 3.8) is 0 Å². The van der Waals surface area contributed by atoms with Crippen molar-refractivity contribution in [2.75, 3.05) is 11.9 Å². The molecule has 0 aliphatic carbocycles. The van der Waals surface area contributed by atoms with Crippen LogP contribution < -0.4 is 10.1 Å². The van der Waals surface area contributed by atoms with Gasteiger partial charge in [0.25, 0.3) is 5.91 Å². The first kappa shape index (κ1) is 14.9. The van der Waals surface area contributed by atoms with Gasteiger partial charge < -0.3 is 10.1 Å². The van der Waals surface area contributed by atoms with Crippen LogP contribution in [0.1, 0.15) is 5.56 Å². The lowest BCUT2D eigenvalue weighted by atomic mass is 10.2. The summed E-state index contributed by atoms with van der Waals surface area (Å²) < 4.78 is 6.21. The van der Waals surface area contributed by atoms with Crippen LogP contribution in [0.3, 0.4) is 0 Å². The van der Waals surface area contributed by atoms with Gasteiger partial charge in [0, 0.05) is 9.50 Å². The van der Waals surface area contributed by atoms with Crippen molar-refractivity contribution < 1.29 is 9.53 Å². The molecule has 2 aromatic carbocycles. The average molecular weight is 355 g/mol. The van der Waals surface area contributed by atoms with Crippen molar-refractivity contribution in [1.82, 2.24) is 0 Å². The van der Waals surface area contributed by atoms with Crippen LogP contribution in [0.5, 0.6) is 5.75 Å². The fraction of sp³-hybridized carbons (Fsp3) is 0.133. The molecule has 0 aliphatic heterocycles. The Morgan fingerprint density at radius 1 is 1.30 bits per heavy atom. The monoisotopic (exact) mass is 353 g/mol. The SMILES string of the molecule is Cc1ccc(Br)c(NC(=O)COc2cccc(Cl)c2)c1. The molecule has 5 heteroatoms. The van der Waals surface area contributed by atoms with Crippen LogP contribution in [-0.2, 0) is 4.79 Å². The maximum atomic E-state index is 11.8. The summed E-state index contributed by atoms with van der Waals surface area (Å²) in [6.07, 6.45) is 0. The molecule has 0 fully saturated rings. The van der Waals surface area contributed by atoms with Gasteiger partial charge in [-0.25, -0.2) is 0 Å². The van der Waals surface area contributed by atoms with Gasteiger partial charge in [-0.2, -0.15) is 0 Å². The van der Waals surface area contributed by atoms with Crippen molar-refractivity contribution in [1.29, 1.82) is 0 Å². The first-order valence-electron chi connectivity index (χ1n) is 5.99. The molecule has 0 heterocycles. The van der Waals surface area contributed by atoms with E-state index in [1.165, 1.54) is 0 Å². The summed E-state index contributed by atoms with van der Waals surface area (Å²) >= 11 is 9.23. The Morgan fingerprint density at radius 2 is 2.10 bits per heavy atom. The zero-order valence-electron chi connectivity index (χ0n) is 10.8. The van der Waals surface area contributed by atoms with E-state index in [-0.39, 0.29) is 12.5 Å². The number of halogens is 2. The standard InChI is InChI=1S/C15H13BrClNO2/c1-10-5-6-13(16)14(7-10)18-15(19)9-20-12-4-2-3-11(17)8-12/h2-8H,9H2,1H3,(H,18,19). The zero-order valence-corrected chi connectivity index (χ0v) is 13.2. The highest BCUT2D eigenvalue weighted by molar-refractivity contribution is 9.10. The van der Waals surface area contributed by atoms with E-state index in [0.717, 1.165) is 15.7 Å². The van der Waals surface area contributed by atoms with Crippen LogP contribution >= 0.6 is 27.5 Å². The first-order chi connectivity index (χ1) is 9.54. The average Bonchev–Trinajstić information content (AvgIpc) is 2.41. The minimum Gasteiger partial charge on any atom is -0.484 e. The van der Waals surface area contributed by atoms with Gasteiger partial charge in [-0.3, -0.25) is 4.79 Å². The topological polar surface area (TPSA) is 38.3 Å². The molecule has 2 aromatic rings. The summed E-state index contributed by atoms with van der Waals surface area (Å²) in [5.74, 6) is 0.340. The predicted octanol–water partition coefficient (Wildman–Crippen LogP) is 4.43. The lowest BCUT2D eigenvalue weighted by Gasteiger charge is -2.09. The summed E-state index contributed by atoms with van der Waals surface area (Å²) in [4.78, 5) is 11.8. The molecule has 0 saturated carbocycles. The predicted molar refractivity (Wildman–Crippen MR) is 84.5 cm³/mol. The van der Waals surface area contributed by atoms with Crippen LogP contribution in [0.15, 0.2) is 46.9 Å². The number of amides is 1. The largest absolute Gasteiger partial charge is 0.484 e. The highest BCUT2D eigenvalue weighted by atomic mass is 79.9. The molecule has 0 saturated heterocycles. The third kappa shape index (κ3) is 4.25. The number of hydrogen-bond acceptors (Lipinski definition) is 2. The molecule has 1 amide bonds. The molecule has 0 unspecified atom stereocenters. The van der Waals surface area contributed by atoms with E-state index in [4.69, 9.17) is 16.3 Å². The van der Waals surface area contributed by atoms with E-state index in [0.29, 0.717) is 10.8 Å². The number of ether oxygens (including phenoxy) is 1. The quantitative estimate of drug-likeness (QED) is 0.882. The normalized spacial score (nSPS) is 10.2. The number of rotatable bonds is 4. The Morgan fingerprint density at radius 3 is 2.85 bits per heavy atom. The van der Waals surface area contributed by atoms with Gasteiger partial charge in [0.1, 0.15) is 5.75 Å². The Kier molecular flexibility index (Phi) is 5.04. The van der Waals surface area contributed by atoms with Gasteiger partial charge in [-0.15, -0.1) is 0 Å². The van der Waals surface area contributed by atoms with Crippen molar-refractivity contribution in [2.24, 2.45) is 0 Å². The Labute approximate surface area is 131 Å². The molecule has 0 bridgehead atoms. The minimum atomic E-state index is -0.226. The molecule has 0 aliphatic rings. The van der Waals surface area contributed by atoms with Crippen LogP contribution in [0.4, 0.5) is 5.69 Å². The number of carbonyl (C=O) groups is 1. The second-order valence-electron chi connectivity index (χ2n) is 4.28. The third-order valence-electron chi connectivity index (χ3n) is 2.56. The van der Waals surface area contributed by atoms with Gasteiger partial charge >= 0.3 is 0 Å². The molecule has 0 spiro atoms. The summed E-state index contributed by atoms with van der Waals surface area (Å²) in [6.45, 7) is 1.89. The summed E-state index contributed by atoms with van der Waals surface area (Å²) in [5.41, 5.74) is 1.80. The molecule has 3 nitrogen and oxygen atoms in total. The van der Waals surface area contributed by atoms with Crippen LogP contribution in [0.2, 0.25) is 5.02 Å². The molecule has 0 aromatic heterocycles. The lowest BCUT2D eigenvalue weighted by molar-refractivity contribution is -0.118. The summed E-state index contributed by atoms with van der Waals surface area (Å²) in [6, 6.07) is 12.7. The highest BCUT2D eigenvalue weighted by Crippen LogP contribution is 2.23. The number of anilines is 1. The molecule has 2 rings (SSSR count). The maximum Gasteiger partial charge on any atom is 0.262 e. The van der Waals surface area contributed by atoms with Gasteiger partial charge in [0.15, 0.2) is 6.61 Å². The van der Waals surface area contributed by atoms with Crippen molar-refractivity contribution >= 4 is 39.1 Å². The highest BCUT2D eigenvalue weighted by Gasteiger charge is 2.07. The lowest BCUT2D eigenvalue weighted by Crippen LogP contribution is -2.20. The summed E-state index contributed by atoms with van der Waals surface area (Å²) in [5, 5.41) is 3.37. The Hall–Kier alpha value is -1.52. The van der Waals surface area contributed by atoms with Gasteiger partial charge in [-0.05, 0) is 58.7 Å². The molecule has 104 valence electrons. The van der Waals surface area contributed by atoms with Crippen molar-refractivity contribution in [3.05, 3.63) is 57.5 Å². The zero-order chi connectivity index (χ0) is 14.5. The smallest absolute Gasteiger partial charge is 0.262 e. The van der Waals surface area contributed by atoms with E-state index in [9.17, 15) is 4.79 Å². The van der Waals surface area contributed by atoms with E-state index >= 15 is 0 Å². The third-order valence-corrected chi connectivity index (χ3v) is 3.49. The molecular weight excluding hydrogens is 342 g/mol. The van der Waals surface area contributed by atoms with E-state index < -0.39 is 0 Å². The Bertz CT molecular complexity index is 631. The van der Waals surface area contributed by atoms with Crippen LogP contribution in [-0.4, -0.2) is 12.5 Å². The van der Waals surface area contributed by atoms with Crippen molar-refractivity contribution in [2.45, 2.75) is 6.92 Å². The molecule has 0 atom stereocenters. The number of aryl methyl sites for hydroxylation is 1. The fourth-order valence-electron chi connectivity index (χ4n) is 1.63. The number of nitrogens with one attached hydrogen (secondary N) is 1. The molecule has 1 N–H and O–H groups in total. The molecular formula is C15H13BrClNO2. The fourth-order valence-corrected chi connectivity index (χ4v) is 2.15. The number of benzene rings is 2. The summed E-state index contributed by atoms with van der Waals surface area (Å²) in [7, 11) is 0. The first-order valence-corrected chi connectivity index (χ1v) is 7.16. The van der Waals surface area contributed by atoms with Gasteiger partial charge in [0.05, 0.1) is 5.69 Å². The number of carbonyl (C=O) groups excluding carboxylic acids is 1. The second kappa shape index (κ2) is 6.77. The van der Waals surface area contributed by atoms with E-state index in [1.807, 2.05) is 25.1 Å². The van der Waals surface area contributed by atoms with E-state index in [1.54, 1.807) is 24.3 Å². The van der Waals surface area contributed by atoms with Crippen LogP contribution in [0, 0.1) is 6.92 Å². The van der Waals surface area contributed by atoms with Crippen LogP contribution in [0.25, 0.3) is 0 Å². The van der Waals surface area contributed by atoms with E-state index in [2.05, 4.69) is 21.2 Å². The second-order valence-corrected chi connectivity index (χ2v) is 5.57. The maximum absolute atomic E-state index is 11.8. The minimum absolute atomic E-state index is 0.0687. The van der Waals surface area contributed by atoms with Gasteiger partial charge in [-0.1, -0.05) is 23.7 Å². The van der Waals surface area contributed by atoms with Crippen molar-refractivity contribution in [3.8, 4) is 5.75 Å². The number of hydrogen-bond donors (Lipinski definition) is 1. The molecule has 20 heavy (non-hydrogen) atoms. The van der Waals surface area contributed by atoms with Gasteiger partial charge in [0.2, 0.25) is 0 Å².